The van der Waals surface area contributed by atoms with Gasteiger partial charge in [-0.1, -0.05) is 13.0 Å². The predicted octanol–water partition coefficient (Wildman–Crippen LogP) is 3.04. The first-order chi connectivity index (χ1) is 8.29. The highest BCUT2D eigenvalue weighted by Crippen LogP contribution is 2.34. The number of aryl methyl sites for hydroxylation is 1. The molecule has 0 unspecified atom stereocenters. The summed E-state index contributed by atoms with van der Waals surface area (Å²) in [6.45, 7) is 5.08. The van der Waals surface area contributed by atoms with E-state index in [4.69, 9.17) is 9.47 Å². The molecular weight excluding hydrogens is 212 g/mol. The SMILES string of the molecule is CC[C@@H]1O[C@H]1COc1ccc(C)c2c1CCC2. The van der Waals surface area contributed by atoms with E-state index in [1.165, 1.54) is 36.0 Å². The lowest BCUT2D eigenvalue weighted by molar-refractivity contribution is 0.258. The van der Waals surface area contributed by atoms with Crippen molar-refractivity contribution < 1.29 is 9.47 Å². The second-order valence-corrected chi connectivity index (χ2v) is 5.12. The van der Waals surface area contributed by atoms with E-state index in [0.717, 1.165) is 12.2 Å². The lowest BCUT2D eigenvalue weighted by Crippen LogP contribution is -2.08. The molecule has 1 aromatic rings. The van der Waals surface area contributed by atoms with Crippen molar-refractivity contribution in [3.8, 4) is 5.75 Å². The zero-order valence-corrected chi connectivity index (χ0v) is 10.7. The molecule has 0 aromatic heterocycles. The highest BCUT2D eigenvalue weighted by atomic mass is 16.6. The lowest BCUT2D eigenvalue weighted by atomic mass is 10.0. The Bertz CT molecular complexity index is 425. The normalized spacial score (nSPS) is 25.8. The summed E-state index contributed by atoms with van der Waals surface area (Å²) in [6.07, 6.45) is 5.53. The van der Waals surface area contributed by atoms with Crippen LogP contribution in [0.2, 0.25) is 0 Å². The van der Waals surface area contributed by atoms with E-state index in [1.54, 1.807) is 0 Å². The molecule has 1 saturated heterocycles. The largest absolute Gasteiger partial charge is 0.490 e. The zero-order valence-electron chi connectivity index (χ0n) is 10.7. The van der Waals surface area contributed by atoms with Crippen molar-refractivity contribution in [3.05, 3.63) is 28.8 Å². The lowest BCUT2D eigenvalue weighted by Gasteiger charge is -2.11. The van der Waals surface area contributed by atoms with Crippen LogP contribution in [0.15, 0.2) is 12.1 Å². The monoisotopic (exact) mass is 232 g/mol. The third-order valence-corrected chi connectivity index (χ3v) is 3.97. The van der Waals surface area contributed by atoms with Crippen molar-refractivity contribution in [2.45, 2.75) is 51.7 Å². The minimum Gasteiger partial charge on any atom is -0.490 e. The number of hydrogen-bond acceptors (Lipinski definition) is 2. The second kappa shape index (κ2) is 4.34. The van der Waals surface area contributed by atoms with E-state index in [1.807, 2.05) is 0 Å². The molecular formula is C15H20O2. The fourth-order valence-electron chi connectivity index (χ4n) is 2.84. The Morgan fingerprint density at radius 1 is 1.24 bits per heavy atom. The Morgan fingerprint density at radius 2 is 2.06 bits per heavy atom. The van der Waals surface area contributed by atoms with Crippen LogP contribution in [0.1, 0.15) is 36.5 Å². The summed E-state index contributed by atoms with van der Waals surface area (Å²) in [4.78, 5) is 0. The van der Waals surface area contributed by atoms with Gasteiger partial charge in [0.05, 0.1) is 6.10 Å². The van der Waals surface area contributed by atoms with Crippen LogP contribution in [0, 0.1) is 6.92 Å². The number of ether oxygens (including phenoxy) is 2. The highest BCUT2D eigenvalue weighted by Gasteiger charge is 2.37. The minimum absolute atomic E-state index is 0.332. The molecule has 0 amide bonds. The van der Waals surface area contributed by atoms with Gasteiger partial charge in [0, 0.05) is 0 Å². The molecule has 3 rings (SSSR count). The fraction of sp³-hybridized carbons (Fsp3) is 0.600. The van der Waals surface area contributed by atoms with Crippen LogP contribution < -0.4 is 4.74 Å². The van der Waals surface area contributed by atoms with Gasteiger partial charge >= 0.3 is 0 Å². The van der Waals surface area contributed by atoms with Crippen LogP contribution in [0.3, 0.4) is 0 Å². The third kappa shape index (κ3) is 2.06. The molecule has 1 aromatic carbocycles. The van der Waals surface area contributed by atoms with Crippen LogP contribution in [0.4, 0.5) is 0 Å². The van der Waals surface area contributed by atoms with Crippen LogP contribution in [0.5, 0.6) is 5.75 Å². The highest BCUT2D eigenvalue weighted by molar-refractivity contribution is 5.47. The molecule has 0 bridgehead atoms. The Kier molecular flexibility index (Phi) is 2.83. The average Bonchev–Trinajstić information content (AvgIpc) is 2.91. The molecule has 17 heavy (non-hydrogen) atoms. The summed E-state index contributed by atoms with van der Waals surface area (Å²) in [5, 5.41) is 0. The molecule has 1 aliphatic carbocycles. The first-order valence-electron chi connectivity index (χ1n) is 6.69. The Labute approximate surface area is 103 Å². The minimum atomic E-state index is 0.332. The maximum atomic E-state index is 5.93. The van der Waals surface area contributed by atoms with Gasteiger partial charge in [0.15, 0.2) is 0 Å². The van der Waals surface area contributed by atoms with Gasteiger partial charge in [-0.25, -0.2) is 0 Å². The van der Waals surface area contributed by atoms with E-state index in [0.29, 0.717) is 18.8 Å². The fourth-order valence-corrected chi connectivity index (χ4v) is 2.84. The molecule has 2 aliphatic rings. The maximum Gasteiger partial charge on any atom is 0.122 e. The summed E-state index contributed by atoms with van der Waals surface area (Å²) < 4.78 is 11.4. The van der Waals surface area contributed by atoms with Crippen molar-refractivity contribution in [3.63, 3.8) is 0 Å². The van der Waals surface area contributed by atoms with Crippen molar-refractivity contribution >= 4 is 0 Å². The van der Waals surface area contributed by atoms with Gasteiger partial charge < -0.3 is 9.47 Å². The summed E-state index contributed by atoms with van der Waals surface area (Å²) in [5.74, 6) is 1.09. The summed E-state index contributed by atoms with van der Waals surface area (Å²) >= 11 is 0. The third-order valence-electron chi connectivity index (χ3n) is 3.97. The standard InChI is InChI=1S/C15H20O2/c1-3-13-15(17-13)9-16-14-8-7-10(2)11-5-4-6-12(11)14/h7-8,13,15H,3-6,9H2,1-2H3/t13-,15-/m0/s1. The van der Waals surface area contributed by atoms with E-state index in [9.17, 15) is 0 Å². The number of hydrogen-bond donors (Lipinski definition) is 0. The van der Waals surface area contributed by atoms with Gasteiger partial charge in [0.2, 0.25) is 0 Å². The summed E-state index contributed by atoms with van der Waals surface area (Å²) in [6, 6.07) is 4.31. The molecule has 1 fully saturated rings. The van der Waals surface area contributed by atoms with Gasteiger partial charge in [-0.05, 0) is 55.4 Å². The summed E-state index contributed by atoms with van der Waals surface area (Å²) in [5.41, 5.74) is 4.38. The number of fused-ring (bicyclic) bond motifs is 1. The number of rotatable bonds is 4. The van der Waals surface area contributed by atoms with Crippen molar-refractivity contribution in [1.29, 1.82) is 0 Å². The van der Waals surface area contributed by atoms with E-state index in [2.05, 4.69) is 26.0 Å². The maximum absolute atomic E-state index is 5.93. The van der Waals surface area contributed by atoms with Gasteiger partial charge in [-0.15, -0.1) is 0 Å². The molecule has 2 heteroatoms. The summed E-state index contributed by atoms with van der Waals surface area (Å²) in [7, 11) is 0. The molecule has 0 N–H and O–H groups in total. The van der Waals surface area contributed by atoms with Gasteiger partial charge in [0.25, 0.3) is 0 Å². The Morgan fingerprint density at radius 3 is 2.82 bits per heavy atom. The van der Waals surface area contributed by atoms with E-state index >= 15 is 0 Å². The molecule has 0 radical (unpaired) electrons. The first kappa shape index (κ1) is 11.1. The van der Waals surface area contributed by atoms with Gasteiger partial charge in [-0.2, -0.15) is 0 Å². The van der Waals surface area contributed by atoms with Gasteiger partial charge in [-0.3, -0.25) is 0 Å². The molecule has 92 valence electrons. The number of benzene rings is 1. The van der Waals surface area contributed by atoms with Crippen LogP contribution in [0.25, 0.3) is 0 Å². The molecule has 1 aliphatic heterocycles. The van der Waals surface area contributed by atoms with Crippen molar-refractivity contribution in [2.75, 3.05) is 6.61 Å². The van der Waals surface area contributed by atoms with Crippen LogP contribution in [-0.2, 0) is 17.6 Å². The van der Waals surface area contributed by atoms with Gasteiger partial charge in [0.1, 0.15) is 18.5 Å². The van der Waals surface area contributed by atoms with Crippen LogP contribution >= 0.6 is 0 Å². The zero-order chi connectivity index (χ0) is 11.8. The topological polar surface area (TPSA) is 21.8 Å². The molecule has 2 atom stereocenters. The smallest absolute Gasteiger partial charge is 0.122 e. The molecule has 0 saturated carbocycles. The van der Waals surface area contributed by atoms with Crippen molar-refractivity contribution in [2.24, 2.45) is 0 Å². The Hall–Kier alpha value is -1.02. The predicted molar refractivity (Wildman–Crippen MR) is 67.7 cm³/mol. The molecule has 2 nitrogen and oxygen atoms in total. The quantitative estimate of drug-likeness (QED) is 0.744. The number of epoxide rings is 1. The van der Waals surface area contributed by atoms with E-state index in [-0.39, 0.29) is 0 Å². The van der Waals surface area contributed by atoms with E-state index < -0.39 is 0 Å². The Balaban J connectivity index is 1.69. The second-order valence-electron chi connectivity index (χ2n) is 5.12. The van der Waals surface area contributed by atoms with Crippen molar-refractivity contribution in [1.82, 2.24) is 0 Å². The molecule has 1 heterocycles. The molecule has 0 spiro atoms. The average molecular weight is 232 g/mol. The first-order valence-corrected chi connectivity index (χ1v) is 6.69. The van der Waals surface area contributed by atoms with Crippen LogP contribution in [-0.4, -0.2) is 18.8 Å².